The molecule has 2 aromatic rings. The topological polar surface area (TPSA) is 84.9 Å². The second-order valence-corrected chi connectivity index (χ2v) is 6.31. The van der Waals surface area contributed by atoms with Gasteiger partial charge >= 0.3 is 5.97 Å². The van der Waals surface area contributed by atoms with E-state index in [1.54, 1.807) is 18.2 Å². The maximum absolute atomic E-state index is 12.6. The second-order valence-electron chi connectivity index (χ2n) is 6.31. The second kappa shape index (κ2) is 8.38. The van der Waals surface area contributed by atoms with Gasteiger partial charge in [0, 0.05) is 0 Å². The molecule has 0 aliphatic carbocycles. The van der Waals surface area contributed by atoms with Gasteiger partial charge in [-0.3, -0.25) is 4.79 Å². The summed E-state index contributed by atoms with van der Waals surface area (Å²) in [5, 5.41) is 12.7. The molecule has 0 unspecified atom stereocenters. The summed E-state index contributed by atoms with van der Waals surface area (Å²) >= 11 is 0. The van der Waals surface area contributed by atoms with Crippen LogP contribution in [-0.2, 0) is 11.2 Å². The molecule has 0 spiro atoms. The Morgan fingerprint density at radius 1 is 1.12 bits per heavy atom. The van der Waals surface area contributed by atoms with Gasteiger partial charge in [-0.15, -0.1) is 0 Å². The number of benzene rings is 2. The summed E-state index contributed by atoms with van der Waals surface area (Å²) in [7, 11) is 2.73. The van der Waals surface area contributed by atoms with E-state index in [0.29, 0.717) is 22.9 Å². The number of phenols is 1. The van der Waals surface area contributed by atoms with Crippen LogP contribution in [-0.4, -0.2) is 31.2 Å². The molecular formula is C20H23NO5. The van der Waals surface area contributed by atoms with Crippen molar-refractivity contribution in [3.8, 4) is 11.5 Å². The summed E-state index contributed by atoms with van der Waals surface area (Å²) < 4.78 is 9.91. The average molecular weight is 357 g/mol. The Morgan fingerprint density at radius 2 is 1.85 bits per heavy atom. The number of hydrogen-bond donors (Lipinski definition) is 2. The van der Waals surface area contributed by atoms with E-state index in [9.17, 15) is 14.7 Å². The molecule has 0 saturated carbocycles. The molecule has 26 heavy (non-hydrogen) atoms. The Balaban J connectivity index is 2.28. The molecule has 0 aliphatic rings. The van der Waals surface area contributed by atoms with Crippen LogP contribution in [0.2, 0.25) is 0 Å². The fourth-order valence-corrected chi connectivity index (χ4v) is 2.59. The zero-order chi connectivity index (χ0) is 19.3. The fourth-order valence-electron chi connectivity index (χ4n) is 2.59. The minimum absolute atomic E-state index is 0.0971. The lowest BCUT2D eigenvalue weighted by Crippen LogP contribution is -2.14. The van der Waals surface area contributed by atoms with E-state index in [1.807, 2.05) is 0 Å². The number of anilines is 1. The van der Waals surface area contributed by atoms with Crippen molar-refractivity contribution in [3.63, 3.8) is 0 Å². The van der Waals surface area contributed by atoms with Crippen LogP contribution >= 0.6 is 0 Å². The van der Waals surface area contributed by atoms with Gasteiger partial charge in [-0.05, 0) is 48.2 Å². The Kier molecular flexibility index (Phi) is 6.22. The van der Waals surface area contributed by atoms with Crippen molar-refractivity contribution in [3.05, 3.63) is 53.1 Å². The van der Waals surface area contributed by atoms with Crippen LogP contribution < -0.4 is 10.1 Å². The molecule has 0 atom stereocenters. The number of amides is 1. The third kappa shape index (κ3) is 4.53. The van der Waals surface area contributed by atoms with Crippen LogP contribution in [0.4, 0.5) is 5.69 Å². The van der Waals surface area contributed by atoms with Crippen molar-refractivity contribution in [2.45, 2.75) is 20.3 Å². The molecule has 0 fully saturated rings. The van der Waals surface area contributed by atoms with E-state index < -0.39 is 11.9 Å². The van der Waals surface area contributed by atoms with Crippen LogP contribution in [0.3, 0.4) is 0 Å². The first-order valence-corrected chi connectivity index (χ1v) is 8.25. The zero-order valence-electron chi connectivity index (χ0n) is 15.3. The van der Waals surface area contributed by atoms with Crippen molar-refractivity contribution < 1.29 is 24.2 Å². The summed E-state index contributed by atoms with van der Waals surface area (Å²) in [6.45, 7) is 4.17. The molecule has 138 valence electrons. The van der Waals surface area contributed by atoms with Crippen molar-refractivity contribution in [1.82, 2.24) is 0 Å². The first kappa shape index (κ1) is 19.3. The van der Waals surface area contributed by atoms with Crippen molar-refractivity contribution >= 4 is 17.6 Å². The van der Waals surface area contributed by atoms with E-state index in [4.69, 9.17) is 4.74 Å². The van der Waals surface area contributed by atoms with Gasteiger partial charge in [-0.1, -0.05) is 19.9 Å². The summed E-state index contributed by atoms with van der Waals surface area (Å²) in [4.78, 5) is 24.2. The monoisotopic (exact) mass is 357 g/mol. The summed E-state index contributed by atoms with van der Waals surface area (Å²) in [6.07, 6.45) is 0.803. The molecule has 0 radical (unpaired) electrons. The highest BCUT2D eigenvalue weighted by molar-refractivity contribution is 6.07. The predicted molar refractivity (Wildman–Crippen MR) is 98.9 cm³/mol. The number of phenolic OH excluding ortho intramolecular Hbond substituents is 1. The molecule has 2 rings (SSSR count). The molecule has 0 bridgehead atoms. The molecule has 6 nitrogen and oxygen atoms in total. The number of nitrogens with one attached hydrogen (secondary N) is 1. The van der Waals surface area contributed by atoms with Gasteiger partial charge in [0.2, 0.25) is 0 Å². The number of carbonyl (C=O) groups is 2. The largest absolute Gasteiger partial charge is 0.507 e. The highest BCUT2D eigenvalue weighted by atomic mass is 16.5. The van der Waals surface area contributed by atoms with Crippen LogP contribution in [0, 0.1) is 5.92 Å². The fraction of sp³-hybridized carbons (Fsp3) is 0.300. The molecule has 2 N–H and O–H groups in total. The first-order chi connectivity index (χ1) is 12.3. The van der Waals surface area contributed by atoms with E-state index in [1.165, 1.54) is 32.4 Å². The third-order valence-electron chi connectivity index (χ3n) is 3.82. The number of hydrogen-bond acceptors (Lipinski definition) is 5. The highest BCUT2D eigenvalue weighted by Gasteiger charge is 2.16. The van der Waals surface area contributed by atoms with Gasteiger partial charge in [0.1, 0.15) is 11.5 Å². The van der Waals surface area contributed by atoms with Crippen molar-refractivity contribution in [2.75, 3.05) is 19.5 Å². The van der Waals surface area contributed by atoms with E-state index in [2.05, 4.69) is 23.9 Å². The standard InChI is InChI=1S/C20H23NO5/c1-12(2)9-13-5-8-17(22)15(10-13)19(23)21-16-7-6-14(20(24)26-4)11-18(16)25-3/h5-8,10-12,22H,9H2,1-4H3,(H,21,23). The van der Waals surface area contributed by atoms with Gasteiger partial charge in [-0.2, -0.15) is 0 Å². The minimum atomic E-state index is -0.500. The van der Waals surface area contributed by atoms with Crippen LogP contribution in [0.25, 0.3) is 0 Å². The molecule has 0 heterocycles. The van der Waals surface area contributed by atoms with Gasteiger partial charge in [0.25, 0.3) is 5.91 Å². The predicted octanol–water partition coefficient (Wildman–Crippen LogP) is 3.64. The zero-order valence-corrected chi connectivity index (χ0v) is 15.3. The average Bonchev–Trinajstić information content (AvgIpc) is 2.62. The third-order valence-corrected chi connectivity index (χ3v) is 3.82. The summed E-state index contributed by atoms with van der Waals surface area (Å²) in [5.74, 6) is -0.307. The molecule has 1 amide bonds. The lowest BCUT2D eigenvalue weighted by atomic mass is 10.00. The number of methoxy groups -OCH3 is 2. The van der Waals surface area contributed by atoms with E-state index in [0.717, 1.165) is 12.0 Å². The molecule has 2 aromatic carbocycles. The van der Waals surface area contributed by atoms with Gasteiger partial charge < -0.3 is 19.9 Å². The minimum Gasteiger partial charge on any atom is -0.507 e. The Bertz CT molecular complexity index is 814. The number of ether oxygens (including phenoxy) is 2. The lowest BCUT2D eigenvalue weighted by Gasteiger charge is -2.13. The van der Waals surface area contributed by atoms with E-state index >= 15 is 0 Å². The molecule has 0 aliphatic heterocycles. The van der Waals surface area contributed by atoms with Gasteiger partial charge in [0.15, 0.2) is 0 Å². The molecule has 0 saturated heterocycles. The molecular weight excluding hydrogens is 334 g/mol. The van der Waals surface area contributed by atoms with Crippen molar-refractivity contribution in [2.24, 2.45) is 5.92 Å². The maximum atomic E-state index is 12.6. The molecule has 0 aromatic heterocycles. The number of carbonyl (C=O) groups excluding carboxylic acids is 2. The quantitative estimate of drug-likeness (QED) is 0.771. The van der Waals surface area contributed by atoms with Crippen molar-refractivity contribution in [1.29, 1.82) is 0 Å². The molecule has 6 heteroatoms. The smallest absolute Gasteiger partial charge is 0.337 e. The van der Waals surface area contributed by atoms with E-state index in [-0.39, 0.29) is 11.3 Å². The number of aromatic hydroxyl groups is 1. The summed E-state index contributed by atoms with van der Waals surface area (Å²) in [5.41, 5.74) is 1.85. The van der Waals surface area contributed by atoms with Crippen LogP contribution in [0.5, 0.6) is 11.5 Å². The lowest BCUT2D eigenvalue weighted by molar-refractivity contribution is 0.0600. The highest BCUT2D eigenvalue weighted by Crippen LogP contribution is 2.28. The summed E-state index contributed by atoms with van der Waals surface area (Å²) in [6, 6.07) is 9.57. The normalized spacial score (nSPS) is 10.5. The Morgan fingerprint density at radius 3 is 2.46 bits per heavy atom. The number of rotatable bonds is 6. The Labute approximate surface area is 152 Å². The maximum Gasteiger partial charge on any atom is 0.337 e. The van der Waals surface area contributed by atoms with Crippen LogP contribution in [0.15, 0.2) is 36.4 Å². The van der Waals surface area contributed by atoms with Crippen LogP contribution in [0.1, 0.15) is 40.1 Å². The Hall–Kier alpha value is -3.02. The van der Waals surface area contributed by atoms with Gasteiger partial charge in [0.05, 0.1) is 31.0 Å². The van der Waals surface area contributed by atoms with Gasteiger partial charge in [-0.25, -0.2) is 4.79 Å². The SMILES string of the molecule is COC(=O)c1ccc(NC(=O)c2cc(CC(C)C)ccc2O)c(OC)c1. The first-order valence-electron chi connectivity index (χ1n) is 8.25. The number of esters is 1.